The van der Waals surface area contributed by atoms with Gasteiger partial charge in [0.2, 0.25) is 0 Å². The third-order valence-electron chi connectivity index (χ3n) is 14.5. The molecule has 0 fully saturated rings. The first-order valence-electron chi connectivity index (χ1n) is 21.2. The summed E-state index contributed by atoms with van der Waals surface area (Å²) in [5, 5.41) is 5.72. The predicted molar refractivity (Wildman–Crippen MR) is 253 cm³/mol. The van der Waals surface area contributed by atoms with E-state index in [1.54, 1.807) is 0 Å². The first-order chi connectivity index (χ1) is 29.7. The number of benzene rings is 9. The van der Waals surface area contributed by atoms with Gasteiger partial charge in [0.25, 0.3) is 0 Å². The van der Waals surface area contributed by atoms with Crippen molar-refractivity contribution in [1.82, 2.24) is 0 Å². The molecule has 278 valence electrons. The lowest BCUT2D eigenvalue weighted by atomic mass is 9.42. The molecule has 4 heterocycles. The van der Waals surface area contributed by atoms with Crippen LogP contribution in [0.3, 0.4) is 0 Å². The van der Waals surface area contributed by atoms with E-state index in [1.165, 1.54) is 110 Å². The molecule has 0 bridgehead atoms. The van der Waals surface area contributed by atoms with E-state index in [4.69, 9.17) is 0 Å². The third-order valence-corrected chi connectivity index (χ3v) is 19.4. The van der Waals surface area contributed by atoms with Crippen molar-refractivity contribution in [2.75, 3.05) is 9.71 Å². The van der Waals surface area contributed by atoms with E-state index in [2.05, 4.69) is 223 Å². The zero-order valence-corrected chi connectivity index (χ0v) is 34.1. The lowest BCUT2D eigenvalue weighted by Crippen LogP contribution is -2.79. The fourth-order valence-corrected chi connectivity index (χ4v) is 17.7. The third kappa shape index (κ3) is 3.70. The second-order valence-corrected chi connectivity index (χ2v) is 20.9. The molecule has 0 saturated carbocycles. The zero-order valence-electron chi connectivity index (χ0n) is 33.1. The van der Waals surface area contributed by atoms with Gasteiger partial charge in [0.1, 0.15) is 0 Å². The molecule has 1 spiro atoms. The van der Waals surface area contributed by atoms with Crippen LogP contribution in [0.4, 0.5) is 28.4 Å². The highest BCUT2D eigenvalue weighted by Gasteiger charge is 2.58. The Bertz CT molecular complexity index is 3240. The van der Waals surface area contributed by atoms with Crippen LogP contribution >= 0.6 is 0 Å². The molecular formula is C56H37BN2Si. The first-order valence-corrected chi connectivity index (χ1v) is 23.2. The van der Waals surface area contributed by atoms with E-state index in [1.807, 2.05) is 0 Å². The van der Waals surface area contributed by atoms with Crippen LogP contribution in [-0.2, 0) is 5.41 Å². The highest BCUT2D eigenvalue weighted by atomic mass is 28.3. The second-order valence-electron chi connectivity index (χ2n) is 17.2. The van der Waals surface area contributed by atoms with Gasteiger partial charge in [-0.2, -0.15) is 0 Å². The van der Waals surface area contributed by atoms with Crippen molar-refractivity contribution in [2.45, 2.75) is 12.3 Å². The summed E-state index contributed by atoms with van der Waals surface area (Å²) in [7, 11) is -2.82. The number of para-hydroxylation sites is 4. The minimum absolute atomic E-state index is 0.0515. The van der Waals surface area contributed by atoms with E-state index < -0.39 is 13.5 Å². The zero-order chi connectivity index (χ0) is 39.3. The quantitative estimate of drug-likeness (QED) is 0.162. The number of hydrogen-bond donors (Lipinski definition) is 0. The van der Waals surface area contributed by atoms with Crippen molar-refractivity contribution in [3.8, 4) is 22.3 Å². The Balaban J connectivity index is 1.15. The fraction of sp³-hybridized carbons (Fsp3) is 0.0357. The van der Waals surface area contributed by atoms with Gasteiger partial charge in [0, 0.05) is 28.3 Å². The van der Waals surface area contributed by atoms with Gasteiger partial charge in [-0.05, 0) is 101 Å². The van der Waals surface area contributed by atoms with Crippen LogP contribution in [0.5, 0.6) is 0 Å². The van der Waals surface area contributed by atoms with Crippen molar-refractivity contribution >= 4 is 75.0 Å². The molecule has 2 nitrogen and oxygen atoms in total. The van der Waals surface area contributed by atoms with E-state index in [9.17, 15) is 0 Å². The standard InChI is InChI=1S/C56H37BN2Si/c1-36-34-42-41-24-16-33-52-54(41)59(49-31-14-15-32-51(49)60(52,37-18-4-2-5-19-37)38-20-6-3-7-21-38)57-47-29-17-28-46-55(47)58(50(35-36)53(42)57)48-30-13-12-27-45(48)56(46)43-25-10-8-22-39(43)40-23-9-11-26-44(40)56/h2-35H,1H3. The highest BCUT2D eigenvalue weighted by Crippen LogP contribution is 2.64. The highest BCUT2D eigenvalue weighted by molar-refractivity contribution is 7.22. The Morgan fingerprint density at radius 1 is 0.417 bits per heavy atom. The number of rotatable bonds is 2. The molecule has 0 atom stereocenters. The molecule has 1 aliphatic carbocycles. The molecule has 9 aromatic carbocycles. The molecule has 0 unspecified atom stereocenters. The number of hydrogen-bond acceptors (Lipinski definition) is 2. The molecule has 9 aromatic rings. The maximum atomic E-state index is 2.77. The van der Waals surface area contributed by atoms with Gasteiger partial charge >= 0.3 is 6.85 Å². The molecule has 14 rings (SSSR count). The summed E-state index contributed by atoms with van der Waals surface area (Å²) in [6.07, 6.45) is 0. The predicted octanol–water partition coefficient (Wildman–Crippen LogP) is 9.07. The maximum Gasteiger partial charge on any atom is 0.333 e. The summed E-state index contributed by atoms with van der Waals surface area (Å²) in [5.74, 6) is 0. The molecule has 0 saturated heterocycles. The van der Waals surface area contributed by atoms with Gasteiger partial charge in [-0.3, -0.25) is 0 Å². The molecule has 4 heteroatoms. The Hall–Kier alpha value is -7.14. The number of fused-ring (bicyclic) bond motifs is 15. The smallest absolute Gasteiger partial charge is 0.333 e. The van der Waals surface area contributed by atoms with Crippen LogP contribution in [-0.4, -0.2) is 14.9 Å². The average Bonchev–Trinajstić information content (AvgIpc) is 3.60. The molecule has 0 amide bonds. The normalized spacial score (nSPS) is 15.6. The van der Waals surface area contributed by atoms with Crippen LogP contribution in [0, 0.1) is 6.92 Å². The van der Waals surface area contributed by atoms with Crippen LogP contribution in [0.2, 0.25) is 0 Å². The van der Waals surface area contributed by atoms with E-state index in [0.29, 0.717) is 0 Å². The summed E-state index contributed by atoms with van der Waals surface area (Å²) >= 11 is 0. The Kier molecular flexibility index (Phi) is 6.30. The number of nitrogens with zero attached hydrogens (tertiary/aromatic N) is 2. The molecule has 60 heavy (non-hydrogen) atoms. The molecule has 4 aliphatic heterocycles. The molecule has 0 N–H and O–H groups in total. The fourth-order valence-electron chi connectivity index (χ4n) is 12.6. The topological polar surface area (TPSA) is 6.48 Å². The number of anilines is 5. The summed E-state index contributed by atoms with van der Waals surface area (Å²) in [6.45, 7) is 2.24. The SMILES string of the molecule is Cc1cc2c3c(c1)N1c4ccccc4C4(c5ccccc5-c5ccccc54)c4cccc(c41)B3N1c3ccccc3[Si](c3ccccc3)(c3ccccc3)c3cccc-2c31. The molecular weight excluding hydrogens is 740 g/mol. The van der Waals surface area contributed by atoms with Crippen LogP contribution in [0.25, 0.3) is 22.3 Å². The van der Waals surface area contributed by atoms with Gasteiger partial charge in [-0.1, -0.05) is 188 Å². The van der Waals surface area contributed by atoms with Crippen molar-refractivity contribution in [3.05, 3.63) is 234 Å². The van der Waals surface area contributed by atoms with Gasteiger partial charge in [0.15, 0.2) is 8.07 Å². The maximum absolute atomic E-state index is 2.82. The van der Waals surface area contributed by atoms with Gasteiger partial charge < -0.3 is 9.71 Å². The van der Waals surface area contributed by atoms with Gasteiger partial charge in [-0.25, -0.2) is 0 Å². The molecule has 0 radical (unpaired) electrons. The van der Waals surface area contributed by atoms with Crippen LogP contribution in [0.15, 0.2) is 206 Å². The summed E-state index contributed by atoms with van der Waals surface area (Å²) in [4.78, 5) is 5.42. The van der Waals surface area contributed by atoms with Crippen molar-refractivity contribution in [2.24, 2.45) is 0 Å². The monoisotopic (exact) mass is 776 g/mol. The lowest BCUT2D eigenvalue weighted by Gasteiger charge is -2.54. The van der Waals surface area contributed by atoms with E-state index >= 15 is 0 Å². The van der Waals surface area contributed by atoms with Gasteiger partial charge in [0.05, 0.1) is 11.1 Å². The van der Waals surface area contributed by atoms with E-state index in [-0.39, 0.29) is 6.85 Å². The summed E-state index contributed by atoms with van der Waals surface area (Å²) < 4.78 is 0. The lowest BCUT2D eigenvalue weighted by molar-refractivity contribution is 0.753. The number of aryl methyl sites for hydroxylation is 1. The second kappa shape index (κ2) is 11.5. The van der Waals surface area contributed by atoms with Crippen LogP contribution < -0.4 is 41.4 Å². The molecule has 5 aliphatic rings. The summed E-state index contributed by atoms with van der Waals surface area (Å²) in [5.41, 5.74) is 20.8. The largest absolute Gasteiger partial charge is 0.376 e. The summed E-state index contributed by atoms with van der Waals surface area (Å²) in [6, 6.07) is 79.3. The minimum Gasteiger partial charge on any atom is -0.376 e. The Morgan fingerprint density at radius 2 is 0.967 bits per heavy atom. The van der Waals surface area contributed by atoms with E-state index in [0.717, 1.165) is 0 Å². The first kappa shape index (κ1) is 32.8. The van der Waals surface area contributed by atoms with Crippen LogP contribution in [0.1, 0.15) is 27.8 Å². The van der Waals surface area contributed by atoms with Crippen molar-refractivity contribution in [3.63, 3.8) is 0 Å². The average molecular weight is 777 g/mol. The molecule has 0 aromatic heterocycles. The Labute approximate surface area is 351 Å². The Morgan fingerprint density at radius 3 is 1.68 bits per heavy atom. The van der Waals surface area contributed by atoms with Crippen molar-refractivity contribution in [1.29, 1.82) is 0 Å². The minimum atomic E-state index is -2.82. The van der Waals surface area contributed by atoms with Gasteiger partial charge in [-0.15, -0.1) is 0 Å². The van der Waals surface area contributed by atoms with Crippen molar-refractivity contribution < 1.29 is 0 Å².